The lowest BCUT2D eigenvalue weighted by Crippen LogP contribution is -2.23. The topological polar surface area (TPSA) is 47.6 Å². The summed E-state index contributed by atoms with van der Waals surface area (Å²) >= 11 is 6.02. The maximum absolute atomic E-state index is 11.1. The van der Waals surface area contributed by atoms with E-state index in [1.165, 1.54) is 0 Å². The van der Waals surface area contributed by atoms with Gasteiger partial charge in [-0.3, -0.25) is 0 Å². The van der Waals surface area contributed by atoms with Gasteiger partial charge in [0.05, 0.1) is 18.2 Å². The summed E-state index contributed by atoms with van der Waals surface area (Å²) in [5.41, 5.74) is 0.895. The molecule has 0 spiro atoms. The first-order valence-corrected chi connectivity index (χ1v) is 5.87. The highest BCUT2D eigenvalue weighted by Gasteiger charge is 2.04. The monoisotopic (exact) mass is 257 g/mol. The van der Waals surface area contributed by atoms with E-state index >= 15 is 0 Å². The Bertz CT molecular complexity index is 382. The molecule has 0 radical (unpaired) electrons. The molecule has 0 bridgehead atoms. The van der Waals surface area contributed by atoms with Crippen molar-refractivity contribution < 1.29 is 14.3 Å². The van der Waals surface area contributed by atoms with E-state index in [-0.39, 0.29) is 0 Å². The van der Waals surface area contributed by atoms with Crippen LogP contribution >= 0.6 is 11.6 Å². The van der Waals surface area contributed by atoms with Gasteiger partial charge in [0.25, 0.3) is 0 Å². The van der Waals surface area contributed by atoms with Crippen molar-refractivity contribution in [1.82, 2.24) is 5.32 Å². The first-order chi connectivity index (χ1) is 8.17. The zero-order chi connectivity index (χ0) is 12.7. The van der Waals surface area contributed by atoms with Crippen LogP contribution in [0, 0.1) is 0 Å². The van der Waals surface area contributed by atoms with E-state index in [0.29, 0.717) is 30.5 Å². The van der Waals surface area contributed by atoms with Crippen molar-refractivity contribution in [3.05, 3.63) is 28.8 Å². The van der Waals surface area contributed by atoms with E-state index in [4.69, 9.17) is 21.1 Å². The summed E-state index contributed by atoms with van der Waals surface area (Å²) in [5.74, 6) is 0.647. The zero-order valence-corrected chi connectivity index (χ0v) is 10.7. The predicted molar refractivity (Wildman–Crippen MR) is 66.5 cm³/mol. The van der Waals surface area contributed by atoms with Crippen LogP contribution in [0.1, 0.15) is 19.4 Å². The van der Waals surface area contributed by atoms with Gasteiger partial charge in [-0.2, -0.15) is 0 Å². The number of halogens is 1. The SMILES string of the molecule is CCOC(=O)NCc1ccc(OCC)c(Cl)c1. The van der Waals surface area contributed by atoms with E-state index < -0.39 is 6.09 Å². The Morgan fingerprint density at radius 3 is 2.71 bits per heavy atom. The number of ether oxygens (including phenoxy) is 2. The van der Waals surface area contributed by atoms with Gasteiger partial charge < -0.3 is 14.8 Å². The van der Waals surface area contributed by atoms with Gasteiger partial charge >= 0.3 is 6.09 Å². The number of nitrogens with one attached hydrogen (secondary N) is 1. The van der Waals surface area contributed by atoms with Gasteiger partial charge in [0.2, 0.25) is 0 Å². The molecule has 1 amide bonds. The van der Waals surface area contributed by atoms with Crippen molar-refractivity contribution in [2.45, 2.75) is 20.4 Å². The average Bonchev–Trinajstić information content (AvgIpc) is 2.30. The standard InChI is InChI=1S/C12H16ClNO3/c1-3-16-11-6-5-9(7-10(11)13)8-14-12(15)17-4-2/h5-7H,3-4,8H2,1-2H3,(H,14,15). The van der Waals surface area contributed by atoms with E-state index in [2.05, 4.69) is 5.32 Å². The molecule has 0 aliphatic heterocycles. The third-order valence-corrected chi connectivity index (χ3v) is 2.30. The molecule has 4 nitrogen and oxygen atoms in total. The minimum absolute atomic E-state index is 0.357. The van der Waals surface area contributed by atoms with Crippen LogP contribution in [0.15, 0.2) is 18.2 Å². The summed E-state index contributed by atoms with van der Waals surface area (Å²) < 4.78 is 10.1. The number of alkyl carbamates (subject to hydrolysis) is 1. The third-order valence-electron chi connectivity index (χ3n) is 2.01. The Kier molecular flexibility index (Phi) is 5.63. The van der Waals surface area contributed by atoms with Gasteiger partial charge in [0.15, 0.2) is 0 Å². The zero-order valence-electron chi connectivity index (χ0n) is 9.96. The summed E-state index contributed by atoms with van der Waals surface area (Å²) in [4.78, 5) is 11.1. The molecule has 94 valence electrons. The predicted octanol–water partition coefficient (Wildman–Crippen LogP) is 2.98. The molecule has 0 unspecified atom stereocenters. The molecule has 0 saturated heterocycles. The summed E-state index contributed by atoms with van der Waals surface area (Å²) in [6.45, 7) is 4.96. The van der Waals surface area contributed by atoms with Crippen LogP contribution in [0.5, 0.6) is 5.75 Å². The van der Waals surface area contributed by atoms with Crippen molar-refractivity contribution in [3.63, 3.8) is 0 Å². The molecule has 0 aromatic heterocycles. The smallest absolute Gasteiger partial charge is 0.407 e. The summed E-state index contributed by atoms with van der Waals surface area (Å²) in [7, 11) is 0. The van der Waals surface area contributed by atoms with Gasteiger partial charge in [-0.05, 0) is 31.5 Å². The molecule has 0 aliphatic rings. The lowest BCUT2D eigenvalue weighted by atomic mass is 10.2. The Hall–Kier alpha value is -1.42. The molecule has 0 heterocycles. The van der Waals surface area contributed by atoms with E-state index in [1.54, 1.807) is 19.1 Å². The maximum Gasteiger partial charge on any atom is 0.407 e. The van der Waals surface area contributed by atoms with Gasteiger partial charge in [0, 0.05) is 6.54 Å². The number of hydrogen-bond donors (Lipinski definition) is 1. The largest absolute Gasteiger partial charge is 0.492 e. The molecule has 5 heteroatoms. The molecule has 1 rings (SSSR count). The van der Waals surface area contributed by atoms with E-state index in [0.717, 1.165) is 5.56 Å². The fourth-order valence-corrected chi connectivity index (χ4v) is 1.54. The van der Waals surface area contributed by atoms with Crippen molar-refractivity contribution in [1.29, 1.82) is 0 Å². The molecule has 1 N–H and O–H groups in total. The number of amides is 1. The lowest BCUT2D eigenvalue weighted by Gasteiger charge is -2.08. The second kappa shape index (κ2) is 7.01. The summed E-state index contributed by atoms with van der Waals surface area (Å²) in [6, 6.07) is 5.40. The highest BCUT2D eigenvalue weighted by molar-refractivity contribution is 6.32. The second-order valence-electron chi connectivity index (χ2n) is 3.27. The minimum Gasteiger partial charge on any atom is -0.492 e. The Morgan fingerprint density at radius 2 is 2.12 bits per heavy atom. The van der Waals surface area contributed by atoms with Crippen LogP contribution in [0.2, 0.25) is 5.02 Å². The van der Waals surface area contributed by atoms with Gasteiger partial charge in [-0.1, -0.05) is 17.7 Å². The number of carbonyl (C=O) groups is 1. The van der Waals surface area contributed by atoms with Crippen molar-refractivity contribution in [3.8, 4) is 5.75 Å². The lowest BCUT2D eigenvalue weighted by molar-refractivity contribution is 0.151. The summed E-state index contributed by atoms with van der Waals surface area (Å²) in [5, 5.41) is 3.15. The fraction of sp³-hybridized carbons (Fsp3) is 0.417. The highest BCUT2D eigenvalue weighted by Crippen LogP contribution is 2.25. The Morgan fingerprint density at radius 1 is 1.35 bits per heavy atom. The number of carbonyl (C=O) groups excluding carboxylic acids is 1. The molecule has 0 aliphatic carbocycles. The van der Waals surface area contributed by atoms with Gasteiger partial charge in [-0.15, -0.1) is 0 Å². The average molecular weight is 258 g/mol. The van der Waals surface area contributed by atoms with Crippen LogP contribution in [-0.4, -0.2) is 19.3 Å². The van der Waals surface area contributed by atoms with Crippen LogP contribution < -0.4 is 10.1 Å². The normalized spacial score (nSPS) is 9.82. The first kappa shape index (κ1) is 13.6. The number of rotatable bonds is 5. The molecule has 1 aromatic rings. The van der Waals surface area contributed by atoms with Gasteiger partial charge in [0.1, 0.15) is 5.75 Å². The first-order valence-electron chi connectivity index (χ1n) is 5.49. The quantitative estimate of drug-likeness (QED) is 0.882. The molecular formula is C12H16ClNO3. The Labute approximate surface area is 106 Å². The van der Waals surface area contributed by atoms with Crippen molar-refractivity contribution in [2.75, 3.05) is 13.2 Å². The van der Waals surface area contributed by atoms with E-state index in [9.17, 15) is 4.79 Å². The van der Waals surface area contributed by atoms with Crippen LogP contribution in [-0.2, 0) is 11.3 Å². The third kappa shape index (κ3) is 4.53. The fourth-order valence-electron chi connectivity index (χ4n) is 1.28. The van der Waals surface area contributed by atoms with Crippen molar-refractivity contribution in [2.24, 2.45) is 0 Å². The molecule has 17 heavy (non-hydrogen) atoms. The summed E-state index contributed by atoms with van der Waals surface area (Å²) in [6.07, 6.45) is -0.433. The van der Waals surface area contributed by atoms with Crippen molar-refractivity contribution >= 4 is 17.7 Å². The number of benzene rings is 1. The molecule has 1 aromatic carbocycles. The Balaban J connectivity index is 2.55. The molecular weight excluding hydrogens is 242 g/mol. The van der Waals surface area contributed by atoms with Crippen LogP contribution in [0.3, 0.4) is 0 Å². The maximum atomic E-state index is 11.1. The van der Waals surface area contributed by atoms with Crippen LogP contribution in [0.4, 0.5) is 4.79 Å². The second-order valence-corrected chi connectivity index (χ2v) is 3.68. The van der Waals surface area contributed by atoms with Gasteiger partial charge in [-0.25, -0.2) is 4.79 Å². The number of hydrogen-bond acceptors (Lipinski definition) is 3. The minimum atomic E-state index is -0.433. The van der Waals surface area contributed by atoms with Crippen LogP contribution in [0.25, 0.3) is 0 Å². The highest BCUT2D eigenvalue weighted by atomic mass is 35.5. The van der Waals surface area contributed by atoms with E-state index in [1.807, 2.05) is 13.0 Å². The molecule has 0 atom stereocenters. The molecule has 0 saturated carbocycles. The molecule has 0 fully saturated rings.